The molecule has 0 N–H and O–H groups in total. The zero-order valence-electron chi connectivity index (χ0n) is 76.5. The van der Waals surface area contributed by atoms with Crippen LogP contribution in [0.15, 0.2) is 510 Å². The van der Waals surface area contributed by atoms with E-state index in [4.69, 9.17) is 34.9 Å². The first-order valence-corrected chi connectivity index (χ1v) is 47.7. The van der Waals surface area contributed by atoms with Crippen LogP contribution in [0, 0.1) is 0 Å². The van der Waals surface area contributed by atoms with E-state index in [0.717, 1.165) is 161 Å². The number of hydrogen-bond acceptors (Lipinski definition) is 7. The van der Waals surface area contributed by atoms with Crippen LogP contribution in [0.4, 0.5) is 0 Å². The predicted octanol–water partition coefficient (Wildman–Crippen LogP) is 33.7. The molecule has 0 saturated carbocycles. The lowest BCUT2D eigenvalue weighted by Gasteiger charge is -2.13. The SMILES string of the molecule is c1ccc(-c2cc(-c3ccc4ccccc4c3)cc(-c3ccc4nc5c(nc4c3)c3ccccc3n5-c3ccc4ccccc4c3)c2)cc1.c1ccc(-c2cc(-c3ccc4ccccc4c3)cc(-c3ccc4nc5c(nc4c3)c3ccccc3n5-c3cccc(-c4ccccc4)n3)c2)cc1.c1ccc(-c2ccccc2-c2cccc(-c3ccc4nc5c(nc4c3)c3ccccc3n5-c3ccccc3)c2)cc1. The minimum Gasteiger partial charge on any atom is -0.293 e. The number of pyridine rings is 1. The van der Waals surface area contributed by atoms with Crippen molar-refractivity contribution >= 4 is 132 Å². The van der Waals surface area contributed by atoms with Gasteiger partial charge in [0.2, 0.25) is 0 Å². The van der Waals surface area contributed by atoms with Crippen LogP contribution in [-0.4, -0.2) is 48.6 Å². The average molecular weight is 1800 g/mol. The largest absolute Gasteiger partial charge is 0.293 e. The van der Waals surface area contributed by atoms with E-state index in [1.165, 1.54) is 99.1 Å². The minimum absolute atomic E-state index is 0.791. The number of hydrogen-bond donors (Lipinski definition) is 0. The lowest BCUT2D eigenvalue weighted by molar-refractivity contribution is 1.06. The van der Waals surface area contributed by atoms with E-state index >= 15 is 0 Å². The molecule has 7 heterocycles. The molecule has 0 saturated heterocycles. The molecule has 10 nitrogen and oxygen atoms in total. The third-order valence-corrected chi connectivity index (χ3v) is 27.2. The Hall–Kier alpha value is -19.0. The van der Waals surface area contributed by atoms with Gasteiger partial charge in [-0.3, -0.25) is 13.7 Å². The van der Waals surface area contributed by atoms with Gasteiger partial charge >= 0.3 is 0 Å². The van der Waals surface area contributed by atoms with Gasteiger partial charge in [-0.25, -0.2) is 34.9 Å². The van der Waals surface area contributed by atoms with Crippen molar-refractivity contribution in [3.8, 4) is 129 Å². The van der Waals surface area contributed by atoms with Gasteiger partial charge in [0.25, 0.3) is 0 Å². The molecule has 0 aliphatic carbocycles. The van der Waals surface area contributed by atoms with Crippen LogP contribution in [0.5, 0.6) is 0 Å². The smallest absolute Gasteiger partial charge is 0.166 e. The molecule has 0 fully saturated rings. The van der Waals surface area contributed by atoms with Crippen molar-refractivity contribution < 1.29 is 0 Å². The topological polar surface area (TPSA) is 105 Å². The highest BCUT2D eigenvalue weighted by Crippen LogP contribution is 2.44. The van der Waals surface area contributed by atoms with Gasteiger partial charge in [0.1, 0.15) is 22.4 Å². The number of fused-ring (bicyclic) bond motifs is 15. The van der Waals surface area contributed by atoms with Gasteiger partial charge in [0.05, 0.1) is 55.3 Å². The second kappa shape index (κ2) is 35.3. The van der Waals surface area contributed by atoms with Crippen LogP contribution in [0.25, 0.3) is 260 Å². The maximum absolute atomic E-state index is 5.31. The first kappa shape index (κ1) is 82.6. The van der Waals surface area contributed by atoms with Gasteiger partial charge in [0, 0.05) is 33.1 Å². The van der Waals surface area contributed by atoms with Crippen molar-refractivity contribution in [1.29, 1.82) is 0 Å². The summed E-state index contributed by atoms with van der Waals surface area (Å²) in [6, 6.07) is 180. The molecule has 7 aromatic heterocycles. The Bertz CT molecular complexity index is 9760. The van der Waals surface area contributed by atoms with Gasteiger partial charge in [-0.05, 0) is 278 Å². The van der Waals surface area contributed by atoms with Crippen molar-refractivity contribution in [2.24, 2.45) is 0 Å². The fourth-order valence-corrected chi connectivity index (χ4v) is 20.3. The normalized spacial score (nSPS) is 11.5. The quantitative estimate of drug-likeness (QED) is 0.113. The van der Waals surface area contributed by atoms with Crippen LogP contribution in [0.3, 0.4) is 0 Å². The summed E-state index contributed by atoms with van der Waals surface area (Å²) in [7, 11) is 0. The van der Waals surface area contributed by atoms with Crippen LogP contribution in [0.1, 0.15) is 0 Å². The fourth-order valence-electron chi connectivity index (χ4n) is 20.3. The van der Waals surface area contributed by atoms with Crippen LogP contribution in [-0.2, 0) is 0 Å². The highest BCUT2D eigenvalue weighted by Gasteiger charge is 2.24. The molecular formula is C131H84N10. The summed E-state index contributed by atoms with van der Waals surface area (Å²) < 4.78 is 6.59. The summed E-state index contributed by atoms with van der Waals surface area (Å²) in [6.45, 7) is 0. The Morgan fingerprint density at radius 1 is 0.142 bits per heavy atom. The van der Waals surface area contributed by atoms with E-state index in [9.17, 15) is 0 Å². The fraction of sp³-hybridized carbons (Fsp3) is 0. The van der Waals surface area contributed by atoms with Crippen LogP contribution >= 0.6 is 0 Å². The molecule has 141 heavy (non-hydrogen) atoms. The summed E-state index contributed by atoms with van der Waals surface area (Å²) in [6.07, 6.45) is 0. The van der Waals surface area contributed by atoms with E-state index in [-0.39, 0.29) is 0 Å². The van der Waals surface area contributed by atoms with Gasteiger partial charge in [-0.15, -0.1) is 0 Å². The standard InChI is InChI=1S/C47H30N4.C46H29N3.C38H25N3/c1-3-12-31(13-4-1)37-27-38(35-23-22-32-14-7-8-17-34(32)26-35)29-39(28-37)36-24-25-42-43(30-36)49-46-40-18-9-10-20-44(40)51(47(46)50-42)45-21-11-19-41(48-45)33-15-5-2-6-16-33;1-2-10-30(11-3-1)37-25-38(35-19-18-31-12-4-6-14-33(31)24-35)27-39(26-37)36-21-23-42-43(29-36)47-45-41-16-8-9-17-44(41)49(46(45)48-42)40-22-20-32-13-5-7-15-34(32)28-40;1-3-12-26(13-4-1)31-18-7-8-19-32(31)29-15-11-14-27(24-29)28-22-23-34-35(25-28)39-37-33-20-9-10-21-36(33)41(38(37)40-34)30-16-5-2-6-17-30/h1-30H;1-29H;1-25H. The van der Waals surface area contributed by atoms with Crippen molar-refractivity contribution in [2.75, 3.05) is 0 Å². The zero-order chi connectivity index (χ0) is 93.2. The Labute approximate surface area is 812 Å². The van der Waals surface area contributed by atoms with Crippen molar-refractivity contribution in [1.82, 2.24) is 48.6 Å². The van der Waals surface area contributed by atoms with Gasteiger partial charge in [0.15, 0.2) is 16.9 Å². The minimum atomic E-state index is 0.791. The summed E-state index contributed by atoms with van der Waals surface area (Å²) in [4.78, 5) is 36.6. The molecule has 21 aromatic carbocycles. The summed E-state index contributed by atoms with van der Waals surface area (Å²) in [5, 5.41) is 10.6. The number of rotatable bonds is 13. The van der Waals surface area contributed by atoms with Crippen LogP contribution < -0.4 is 0 Å². The first-order valence-electron chi connectivity index (χ1n) is 47.7. The molecule has 28 aromatic rings. The lowest BCUT2D eigenvalue weighted by atomic mass is 9.92. The molecule has 0 aliphatic rings. The molecule has 0 amide bonds. The average Bonchev–Trinajstić information content (AvgIpc) is 1.59. The third kappa shape index (κ3) is 15.5. The molecule has 28 rings (SSSR count). The van der Waals surface area contributed by atoms with E-state index in [0.29, 0.717) is 0 Å². The Balaban J connectivity index is 0.000000109. The predicted molar refractivity (Wildman–Crippen MR) is 586 cm³/mol. The van der Waals surface area contributed by atoms with Crippen LogP contribution in [0.2, 0.25) is 0 Å². The first-order chi connectivity index (χ1) is 69.8. The number of para-hydroxylation sites is 4. The zero-order valence-corrected chi connectivity index (χ0v) is 76.5. The summed E-state index contributed by atoms with van der Waals surface area (Å²) >= 11 is 0. The molecule has 10 heteroatoms. The maximum atomic E-state index is 5.31. The number of nitrogens with zero attached hydrogens (tertiary/aromatic N) is 10. The molecule has 0 aliphatic heterocycles. The van der Waals surface area contributed by atoms with Crippen molar-refractivity contribution in [3.05, 3.63) is 510 Å². The van der Waals surface area contributed by atoms with Crippen molar-refractivity contribution in [2.45, 2.75) is 0 Å². The molecule has 0 unspecified atom stereocenters. The Morgan fingerprint density at radius 2 is 0.447 bits per heavy atom. The highest BCUT2D eigenvalue weighted by molar-refractivity contribution is 6.12. The Morgan fingerprint density at radius 3 is 0.915 bits per heavy atom. The second-order valence-corrected chi connectivity index (χ2v) is 35.9. The van der Waals surface area contributed by atoms with Gasteiger partial charge in [-0.2, -0.15) is 0 Å². The summed E-state index contributed by atoms with van der Waals surface area (Å²) in [5.41, 5.74) is 38.9. The maximum Gasteiger partial charge on any atom is 0.166 e. The van der Waals surface area contributed by atoms with Gasteiger partial charge < -0.3 is 0 Å². The monoisotopic (exact) mass is 1800 g/mol. The van der Waals surface area contributed by atoms with Gasteiger partial charge in [-0.1, -0.05) is 364 Å². The van der Waals surface area contributed by atoms with E-state index in [1.807, 2.05) is 36.4 Å². The molecule has 0 radical (unpaired) electrons. The highest BCUT2D eigenvalue weighted by atomic mass is 15.1. The van der Waals surface area contributed by atoms with E-state index < -0.39 is 0 Å². The number of aromatic nitrogens is 10. The molecular weight excluding hydrogens is 1710 g/mol. The number of benzene rings is 21. The van der Waals surface area contributed by atoms with E-state index in [1.54, 1.807) is 0 Å². The Kier molecular flexibility index (Phi) is 20.7. The second-order valence-electron chi connectivity index (χ2n) is 35.9. The summed E-state index contributed by atoms with van der Waals surface area (Å²) in [5.74, 6) is 0.812. The lowest BCUT2D eigenvalue weighted by Crippen LogP contribution is -2.00. The molecule has 658 valence electrons. The van der Waals surface area contributed by atoms with Crippen molar-refractivity contribution in [3.63, 3.8) is 0 Å². The molecule has 0 atom stereocenters. The molecule has 0 bridgehead atoms. The third-order valence-electron chi connectivity index (χ3n) is 27.2. The van der Waals surface area contributed by atoms with E-state index in [2.05, 4.69) is 487 Å². The molecule has 0 spiro atoms.